The summed E-state index contributed by atoms with van der Waals surface area (Å²) in [6.45, 7) is 4.12. The standard InChI is InChI=1S/C17H20N2O4S/c1-3-5-15(17(21)22)19-16(20)12-6-4-7-14(8-12)23-9-13-10-24-11(2)18-13/h4,6-8,10,15H,3,5,9H2,1-2H3,(H,19,20)(H,21,22). The van der Waals surface area contributed by atoms with Crippen LogP contribution in [0.2, 0.25) is 0 Å². The predicted molar refractivity (Wildman–Crippen MR) is 91.4 cm³/mol. The number of benzene rings is 1. The van der Waals surface area contributed by atoms with Crippen LogP contribution in [0, 0.1) is 6.92 Å². The van der Waals surface area contributed by atoms with Gasteiger partial charge in [-0.3, -0.25) is 4.79 Å². The van der Waals surface area contributed by atoms with Crippen molar-refractivity contribution in [3.63, 3.8) is 0 Å². The molecule has 1 atom stereocenters. The molecule has 2 N–H and O–H groups in total. The van der Waals surface area contributed by atoms with Crippen molar-refractivity contribution in [2.24, 2.45) is 0 Å². The quantitative estimate of drug-likeness (QED) is 0.765. The van der Waals surface area contributed by atoms with Gasteiger partial charge in [0.25, 0.3) is 5.91 Å². The molecule has 1 heterocycles. The topological polar surface area (TPSA) is 88.5 Å². The molecule has 2 rings (SSSR count). The molecule has 0 aliphatic heterocycles. The Morgan fingerprint density at radius 1 is 1.42 bits per heavy atom. The normalized spacial score (nSPS) is 11.8. The molecule has 0 saturated heterocycles. The fourth-order valence-electron chi connectivity index (χ4n) is 2.15. The highest BCUT2D eigenvalue weighted by Gasteiger charge is 2.19. The van der Waals surface area contributed by atoms with Crippen LogP contribution in [0.3, 0.4) is 0 Å². The van der Waals surface area contributed by atoms with E-state index in [0.29, 0.717) is 30.8 Å². The first kappa shape index (κ1) is 17.9. The number of aryl methyl sites for hydroxylation is 1. The van der Waals surface area contributed by atoms with Crippen LogP contribution in [-0.4, -0.2) is 28.0 Å². The SMILES string of the molecule is CCCC(NC(=O)c1cccc(OCc2csc(C)n2)c1)C(=O)O. The Kier molecular flexibility index (Phi) is 6.31. The van der Waals surface area contributed by atoms with Crippen LogP contribution < -0.4 is 10.1 Å². The molecule has 0 aliphatic rings. The Balaban J connectivity index is 2.00. The first-order chi connectivity index (χ1) is 11.5. The third-order valence-electron chi connectivity index (χ3n) is 3.33. The van der Waals surface area contributed by atoms with Gasteiger partial charge in [-0.25, -0.2) is 9.78 Å². The lowest BCUT2D eigenvalue weighted by Gasteiger charge is -2.14. The molecular weight excluding hydrogens is 328 g/mol. The summed E-state index contributed by atoms with van der Waals surface area (Å²) in [7, 11) is 0. The molecule has 1 amide bonds. The number of nitrogens with zero attached hydrogens (tertiary/aromatic N) is 1. The Morgan fingerprint density at radius 3 is 2.83 bits per heavy atom. The molecule has 1 unspecified atom stereocenters. The monoisotopic (exact) mass is 348 g/mol. The summed E-state index contributed by atoms with van der Waals surface area (Å²) in [5, 5.41) is 14.5. The number of aromatic nitrogens is 1. The molecule has 0 spiro atoms. The van der Waals surface area contributed by atoms with Crippen LogP contribution in [0.25, 0.3) is 0 Å². The van der Waals surface area contributed by atoms with Gasteiger partial charge in [0.1, 0.15) is 18.4 Å². The maximum atomic E-state index is 12.2. The Bertz CT molecular complexity index is 714. The van der Waals surface area contributed by atoms with Gasteiger partial charge in [0.05, 0.1) is 10.7 Å². The zero-order valence-electron chi connectivity index (χ0n) is 13.6. The number of carbonyl (C=O) groups is 2. The van der Waals surface area contributed by atoms with Gasteiger partial charge >= 0.3 is 5.97 Å². The van der Waals surface area contributed by atoms with E-state index in [4.69, 9.17) is 9.84 Å². The van der Waals surface area contributed by atoms with Crippen molar-refractivity contribution < 1.29 is 19.4 Å². The summed E-state index contributed by atoms with van der Waals surface area (Å²) in [6.07, 6.45) is 1.06. The van der Waals surface area contributed by atoms with E-state index < -0.39 is 17.9 Å². The molecule has 128 valence electrons. The van der Waals surface area contributed by atoms with Crippen molar-refractivity contribution in [3.8, 4) is 5.75 Å². The largest absolute Gasteiger partial charge is 0.487 e. The molecule has 0 saturated carbocycles. The van der Waals surface area contributed by atoms with Gasteiger partial charge in [0, 0.05) is 10.9 Å². The number of aliphatic carboxylic acids is 1. The molecule has 1 aromatic carbocycles. The van der Waals surface area contributed by atoms with Gasteiger partial charge in [-0.05, 0) is 31.5 Å². The number of rotatable bonds is 8. The second-order valence-corrected chi connectivity index (χ2v) is 6.39. The molecule has 0 bridgehead atoms. The van der Waals surface area contributed by atoms with Gasteiger partial charge in [-0.1, -0.05) is 19.4 Å². The summed E-state index contributed by atoms with van der Waals surface area (Å²) >= 11 is 1.55. The minimum atomic E-state index is -1.03. The van der Waals surface area contributed by atoms with Crippen molar-refractivity contribution in [2.45, 2.75) is 39.3 Å². The summed E-state index contributed by atoms with van der Waals surface area (Å²) < 4.78 is 5.64. The molecule has 6 nitrogen and oxygen atoms in total. The van der Waals surface area contributed by atoms with Crippen LogP contribution in [0.1, 0.15) is 40.8 Å². The Labute approximate surface area is 144 Å². The smallest absolute Gasteiger partial charge is 0.326 e. The van der Waals surface area contributed by atoms with Crippen molar-refractivity contribution in [1.29, 1.82) is 0 Å². The molecular formula is C17H20N2O4S. The van der Waals surface area contributed by atoms with Crippen molar-refractivity contribution in [2.75, 3.05) is 0 Å². The van der Waals surface area contributed by atoms with Gasteiger partial charge in [-0.2, -0.15) is 0 Å². The molecule has 0 fully saturated rings. The van der Waals surface area contributed by atoms with E-state index in [9.17, 15) is 9.59 Å². The Hall–Kier alpha value is -2.41. The first-order valence-electron chi connectivity index (χ1n) is 7.67. The van der Waals surface area contributed by atoms with Crippen molar-refractivity contribution >= 4 is 23.2 Å². The lowest BCUT2D eigenvalue weighted by molar-refractivity contribution is -0.139. The molecule has 0 aliphatic carbocycles. The minimum absolute atomic E-state index is 0.322. The molecule has 1 aromatic heterocycles. The van der Waals surface area contributed by atoms with E-state index in [1.807, 2.05) is 19.2 Å². The fourth-order valence-corrected chi connectivity index (χ4v) is 2.74. The lowest BCUT2D eigenvalue weighted by atomic mass is 10.1. The lowest BCUT2D eigenvalue weighted by Crippen LogP contribution is -2.40. The third-order valence-corrected chi connectivity index (χ3v) is 4.15. The van der Waals surface area contributed by atoms with Crippen molar-refractivity contribution in [3.05, 3.63) is 45.9 Å². The van der Waals surface area contributed by atoms with E-state index in [1.165, 1.54) is 0 Å². The van der Waals surface area contributed by atoms with Crippen molar-refractivity contribution in [1.82, 2.24) is 10.3 Å². The maximum absolute atomic E-state index is 12.2. The molecule has 0 radical (unpaired) electrons. The average molecular weight is 348 g/mol. The highest BCUT2D eigenvalue weighted by Crippen LogP contribution is 2.16. The average Bonchev–Trinajstić information content (AvgIpc) is 2.98. The number of carbonyl (C=O) groups excluding carboxylic acids is 1. The maximum Gasteiger partial charge on any atom is 0.326 e. The summed E-state index contributed by atoms with van der Waals surface area (Å²) in [4.78, 5) is 27.7. The van der Waals surface area contributed by atoms with Crippen LogP contribution >= 0.6 is 11.3 Å². The number of hydrogen-bond donors (Lipinski definition) is 2. The fraction of sp³-hybridized carbons (Fsp3) is 0.353. The van der Waals surface area contributed by atoms with Gasteiger partial charge in [0.15, 0.2) is 0 Å². The van der Waals surface area contributed by atoms with Crippen LogP contribution in [0.5, 0.6) is 5.75 Å². The summed E-state index contributed by atoms with van der Waals surface area (Å²) in [5.74, 6) is -0.919. The summed E-state index contributed by atoms with van der Waals surface area (Å²) in [5.41, 5.74) is 1.20. The molecule has 7 heteroatoms. The number of carboxylic acid groups (broad SMARTS) is 1. The second-order valence-electron chi connectivity index (χ2n) is 5.33. The van der Waals surface area contributed by atoms with Crippen LogP contribution in [-0.2, 0) is 11.4 Å². The highest BCUT2D eigenvalue weighted by atomic mass is 32.1. The number of hydrogen-bond acceptors (Lipinski definition) is 5. The zero-order valence-corrected chi connectivity index (χ0v) is 14.4. The van der Waals surface area contributed by atoms with Gasteiger partial charge < -0.3 is 15.2 Å². The number of ether oxygens (including phenoxy) is 1. The molecule has 2 aromatic rings. The zero-order chi connectivity index (χ0) is 17.5. The predicted octanol–water partition coefficient (Wildman–Crippen LogP) is 3.01. The van der Waals surface area contributed by atoms with E-state index in [2.05, 4.69) is 10.3 Å². The van der Waals surface area contributed by atoms with Gasteiger partial charge in [-0.15, -0.1) is 11.3 Å². The number of amides is 1. The highest BCUT2D eigenvalue weighted by molar-refractivity contribution is 7.09. The van der Waals surface area contributed by atoms with E-state index in [-0.39, 0.29) is 0 Å². The summed E-state index contributed by atoms with van der Waals surface area (Å²) in [6, 6.07) is 5.78. The number of carboxylic acids is 1. The molecule has 24 heavy (non-hydrogen) atoms. The third kappa shape index (κ3) is 5.06. The second kappa shape index (κ2) is 8.44. The number of thiazole rings is 1. The number of nitrogens with one attached hydrogen (secondary N) is 1. The van der Waals surface area contributed by atoms with Crippen LogP contribution in [0.4, 0.5) is 0 Å². The van der Waals surface area contributed by atoms with E-state index >= 15 is 0 Å². The van der Waals surface area contributed by atoms with Gasteiger partial charge in [0.2, 0.25) is 0 Å². The minimum Gasteiger partial charge on any atom is -0.487 e. The Morgan fingerprint density at radius 2 is 2.21 bits per heavy atom. The first-order valence-corrected chi connectivity index (χ1v) is 8.55. The van der Waals surface area contributed by atoms with E-state index in [1.54, 1.807) is 35.6 Å². The van der Waals surface area contributed by atoms with E-state index in [0.717, 1.165) is 10.7 Å². The van der Waals surface area contributed by atoms with Crippen LogP contribution in [0.15, 0.2) is 29.6 Å².